The molecule has 0 saturated carbocycles. The summed E-state index contributed by atoms with van der Waals surface area (Å²) < 4.78 is 17.2. The molecule has 2 aromatic carbocycles. The van der Waals surface area contributed by atoms with Gasteiger partial charge in [0.2, 0.25) is 18.5 Å². The molecular formula is C19H12BrN3O3S. The molecule has 3 heterocycles. The van der Waals surface area contributed by atoms with Crippen LogP contribution in [0, 0.1) is 0 Å². The van der Waals surface area contributed by atoms with Gasteiger partial charge in [0, 0.05) is 21.0 Å². The summed E-state index contributed by atoms with van der Waals surface area (Å²) in [5.41, 5.74) is 2.79. The maximum Gasteiger partial charge on any atom is 0.233 e. The summed E-state index contributed by atoms with van der Waals surface area (Å²) in [6, 6.07) is 13.6. The number of benzene rings is 2. The van der Waals surface area contributed by atoms with Crippen molar-refractivity contribution in [2.24, 2.45) is 0 Å². The van der Waals surface area contributed by atoms with Gasteiger partial charge >= 0.3 is 0 Å². The highest BCUT2D eigenvalue weighted by molar-refractivity contribution is 9.10. The van der Waals surface area contributed by atoms with Crippen LogP contribution in [0.3, 0.4) is 0 Å². The summed E-state index contributed by atoms with van der Waals surface area (Å²) in [6.45, 7) is 0.263. The number of hydrogen-bond acceptors (Lipinski definition) is 7. The van der Waals surface area contributed by atoms with E-state index in [1.54, 1.807) is 11.3 Å². The Balaban J connectivity index is 1.34. The van der Waals surface area contributed by atoms with E-state index in [-0.39, 0.29) is 6.79 Å². The lowest BCUT2D eigenvalue weighted by Gasteiger charge is -1.99. The molecule has 0 fully saturated rings. The Morgan fingerprint density at radius 1 is 0.963 bits per heavy atom. The van der Waals surface area contributed by atoms with Crippen LogP contribution in [-0.4, -0.2) is 21.9 Å². The zero-order chi connectivity index (χ0) is 18.2. The van der Waals surface area contributed by atoms with Crippen LogP contribution in [0.2, 0.25) is 0 Å². The van der Waals surface area contributed by atoms with E-state index in [1.807, 2.05) is 47.8 Å². The molecule has 0 bridgehead atoms. The van der Waals surface area contributed by atoms with Gasteiger partial charge in [-0.3, -0.25) is 0 Å². The summed E-state index contributed by atoms with van der Waals surface area (Å²) in [6.07, 6.45) is 0.499. The molecule has 5 rings (SSSR count). The fourth-order valence-corrected chi connectivity index (χ4v) is 3.81. The number of ether oxygens (including phenoxy) is 2. The predicted molar refractivity (Wildman–Crippen MR) is 104 cm³/mol. The molecule has 27 heavy (non-hydrogen) atoms. The molecule has 2 aromatic heterocycles. The fraction of sp³-hybridized carbons (Fsp3) is 0.105. The number of nitrogens with zero attached hydrogens (tertiary/aromatic N) is 3. The predicted octanol–water partition coefficient (Wildman–Crippen LogP) is 4.94. The van der Waals surface area contributed by atoms with Crippen LogP contribution in [0.4, 0.5) is 0 Å². The summed E-state index contributed by atoms with van der Waals surface area (Å²) in [7, 11) is 0. The first-order chi connectivity index (χ1) is 13.2. The Kier molecular flexibility index (Phi) is 4.14. The number of hydrogen-bond donors (Lipinski definition) is 0. The van der Waals surface area contributed by atoms with Crippen molar-refractivity contribution < 1.29 is 14.0 Å². The number of aromatic nitrogens is 3. The van der Waals surface area contributed by atoms with Gasteiger partial charge in [-0.25, -0.2) is 4.98 Å². The fourth-order valence-electron chi connectivity index (χ4n) is 2.75. The lowest BCUT2D eigenvalue weighted by molar-refractivity contribution is 0.174. The molecule has 0 saturated heterocycles. The minimum atomic E-state index is 0.263. The number of halogens is 1. The van der Waals surface area contributed by atoms with Crippen molar-refractivity contribution in [2.75, 3.05) is 6.79 Å². The van der Waals surface area contributed by atoms with Crippen LogP contribution in [-0.2, 0) is 6.42 Å². The van der Waals surface area contributed by atoms with Crippen LogP contribution < -0.4 is 9.47 Å². The van der Waals surface area contributed by atoms with E-state index in [1.165, 1.54) is 0 Å². The second-order valence-electron chi connectivity index (χ2n) is 5.89. The van der Waals surface area contributed by atoms with E-state index >= 15 is 0 Å². The molecule has 0 aliphatic carbocycles. The lowest BCUT2D eigenvalue weighted by atomic mass is 10.1. The minimum Gasteiger partial charge on any atom is -0.454 e. The molecule has 1 aliphatic rings. The van der Waals surface area contributed by atoms with Crippen molar-refractivity contribution in [2.45, 2.75) is 6.42 Å². The summed E-state index contributed by atoms with van der Waals surface area (Å²) in [5.74, 6) is 2.63. The first kappa shape index (κ1) is 16.5. The van der Waals surface area contributed by atoms with Crippen LogP contribution in [0.15, 0.2) is 56.8 Å². The van der Waals surface area contributed by atoms with Crippen molar-refractivity contribution in [1.82, 2.24) is 15.1 Å². The topological polar surface area (TPSA) is 70.3 Å². The third-order valence-electron chi connectivity index (χ3n) is 4.09. The van der Waals surface area contributed by atoms with E-state index in [0.717, 1.165) is 37.8 Å². The van der Waals surface area contributed by atoms with Gasteiger partial charge in [-0.05, 0) is 42.5 Å². The lowest BCUT2D eigenvalue weighted by Crippen LogP contribution is -1.92. The van der Waals surface area contributed by atoms with Gasteiger partial charge in [0.1, 0.15) is 5.01 Å². The zero-order valence-electron chi connectivity index (χ0n) is 13.9. The van der Waals surface area contributed by atoms with E-state index in [9.17, 15) is 0 Å². The van der Waals surface area contributed by atoms with Crippen LogP contribution in [0.25, 0.3) is 22.6 Å². The highest BCUT2D eigenvalue weighted by Crippen LogP contribution is 2.36. The van der Waals surface area contributed by atoms with Crippen molar-refractivity contribution in [1.29, 1.82) is 0 Å². The van der Waals surface area contributed by atoms with Crippen molar-refractivity contribution in [3.63, 3.8) is 0 Å². The van der Waals surface area contributed by atoms with Gasteiger partial charge in [-0.1, -0.05) is 21.1 Å². The number of rotatable bonds is 4. The van der Waals surface area contributed by atoms with Gasteiger partial charge in [-0.2, -0.15) is 4.98 Å². The Labute approximate surface area is 166 Å². The Morgan fingerprint density at radius 2 is 1.78 bits per heavy atom. The highest BCUT2D eigenvalue weighted by Gasteiger charge is 2.16. The monoisotopic (exact) mass is 441 g/mol. The molecule has 0 N–H and O–H groups in total. The average Bonchev–Trinajstić information content (AvgIpc) is 3.42. The Morgan fingerprint density at radius 3 is 2.67 bits per heavy atom. The largest absolute Gasteiger partial charge is 0.454 e. The maximum atomic E-state index is 5.43. The normalized spacial score (nSPS) is 12.5. The van der Waals surface area contributed by atoms with Gasteiger partial charge < -0.3 is 14.0 Å². The third-order valence-corrected chi connectivity index (χ3v) is 5.47. The maximum absolute atomic E-state index is 5.43. The molecule has 0 amide bonds. The molecule has 4 aromatic rings. The second-order valence-corrected chi connectivity index (χ2v) is 7.75. The Hall–Kier alpha value is -2.71. The molecule has 0 radical (unpaired) electrons. The van der Waals surface area contributed by atoms with Crippen molar-refractivity contribution >= 4 is 27.3 Å². The van der Waals surface area contributed by atoms with Gasteiger partial charge in [-0.15, -0.1) is 11.3 Å². The van der Waals surface area contributed by atoms with Crippen LogP contribution in [0.1, 0.15) is 10.9 Å². The molecule has 8 heteroatoms. The van der Waals surface area contributed by atoms with Gasteiger partial charge in [0.25, 0.3) is 0 Å². The van der Waals surface area contributed by atoms with Crippen LogP contribution >= 0.6 is 27.3 Å². The summed E-state index contributed by atoms with van der Waals surface area (Å²) in [5, 5.41) is 6.99. The van der Waals surface area contributed by atoms with Crippen molar-refractivity contribution in [3.05, 3.63) is 63.2 Å². The van der Waals surface area contributed by atoms with Crippen LogP contribution in [0.5, 0.6) is 11.5 Å². The van der Waals surface area contributed by atoms with E-state index < -0.39 is 0 Å². The van der Waals surface area contributed by atoms with E-state index in [4.69, 9.17) is 14.0 Å². The van der Waals surface area contributed by atoms with E-state index in [0.29, 0.717) is 18.1 Å². The van der Waals surface area contributed by atoms with E-state index in [2.05, 4.69) is 31.1 Å². The standard InChI is InChI=1S/C19H12BrN3O3S/c20-13-4-1-11(2-5-13)19-22-17(26-23-19)8-18-21-14(9-27-18)12-3-6-15-16(7-12)25-10-24-15/h1-7,9H,8,10H2. The molecule has 6 nitrogen and oxygen atoms in total. The molecule has 1 aliphatic heterocycles. The third kappa shape index (κ3) is 3.33. The smallest absolute Gasteiger partial charge is 0.233 e. The summed E-state index contributed by atoms with van der Waals surface area (Å²) >= 11 is 4.98. The number of thiazole rings is 1. The van der Waals surface area contributed by atoms with Gasteiger partial charge in [0.05, 0.1) is 12.1 Å². The molecule has 0 unspecified atom stereocenters. The average molecular weight is 442 g/mol. The quantitative estimate of drug-likeness (QED) is 0.446. The molecule has 0 atom stereocenters. The van der Waals surface area contributed by atoms with Gasteiger partial charge in [0.15, 0.2) is 11.5 Å². The molecular weight excluding hydrogens is 430 g/mol. The second kappa shape index (κ2) is 6.79. The SMILES string of the molecule is Brc1ccc(-c2noc(Cc3nc(-c4ccc5c(c4)OCO5)cs3)n2)cc1. The zero-order valence-corrected chi connectivity index (χ0v) is 16.3. The van der Waals surface area contributed by atoms with Crippen molar-refractivity contribution in [3.8, 4) is 34.1 Å². The first-order valence-corrected chi connectivity index (χ1v) is 9.85. The first-order valence-electron chi connectivity index (χ1n) is 8.17. The number of fused-ring (bicyclic) bond motifs is 1. The molecule has 0 spiro atoms. The summed E-state index contributed by atoms with van der Waals surface area (Å²) in [4.78, 5) is 9.15. The minimum absolute atomic E-state index is 0.263. The Bertz CT molecular complexity index is 1110. The molecule has 134 valence electrons. The highest BCUT2D eigenvalue weighted by atomic mass is 79.9.